The Morgan fingerprint density at radius 3 is 2.32 bits per heavy atom. The van der Waals surface area contributed by atoms with Gasteiger partial charge in [0.2, 0.25) is 5.91 Å². The van der Waals surface area contributed by atoms with Crippen molar-refractivity contribution in [3.05, 3.63) is 70.7 Å². The second-order valence-corrected chi connectivity index (χ2v) is 7.35. The zero-order valence-electron chi connectivity index (χ0n) is 15.9. The number of carbonyl (C=O) groups excluding carboxylic acids is 2. The molecule has 0 aromatic heterocycles. The predicted molar refractivity (Wildman–Crippen MR) is 112 cm³/mol. The highest BCUT2D eigenvalue weighted by atomic mass is 35.5. The molecule has 3 rings (SSSR count). The van der Waals surface area contributed by atoms with Crippen molar-refractivity contribution in [2.75, 3.05) is 39.3 Å². The molecule has 0 aliphatic carbocycles. The molecule has 148 valence electrons. The second-order valence-electron chi connectivity index (χ2n) is 6.92. The minimum atomic E-state index is -0.0688. The first-order chi connectivity index (χ1) is 13.6. The van der Waals surface area contributed by atoms with Crippen LogP contribution in [-0.2, 0) is 11.2 Å². The van der Waals surface area contributed by atoms with Crippen LogP contribution in [0.1, 0.15) is 22.3 Å². The van der Waals surface area contributed by atoms with Crippen LogP contribution in [0.15, 0.2) is 54.6 Å². The molecule has 2 amide bonds. The van der Waals surface area contributed by atoms with Crippen molar-refractivity contribution in [2.24, 2.45) is 0 Å². The fraction of sp³-hybridized carbons (Fsp3) is 0.364. The fourth-order valence-corrected chi connectivity index (χ4v) is 3.43. The number of benzene rings is 2. The van der Waals surface area contributed by atoms with E-state index in [0.29, 0.717) is 30.1 Å². The third-order valence-corrected chi connectivity index (χ3v) is 5.21. The first-order valence-electron chi connectivity index (χ1n) is 9.71. The molecule has 2 aromatic rings. The normalized spacial score (nSPS) is 14.0. The molecule has 0 atom stereocenters. The Bertz CT molecular complexity index is 774. The molecule has 2 aromatic carbocycles. The summed E-state index contributed by atoms with van der Waals surface area (Å²) in [6, 6.07) is 17.0. The monoisotopic (exact) mass is 399 g/mol. The van der Waals surface area contributed by atoms with Crippen molar-refractivity contribution in [3.63, 3.8) is 0 Å². The zero-order valence-corrected chi connectivity index (χ0v) is 16.7. The number of halogens is 1. The summed E-state index contributed by atoms with van der Waals surface area (Å²) in [5, 5.41) is 3.85. The summed E-state index contributed by atoms with van der Waals surface area (Å²) in [4.78, 5) is 29.2. The van der Waals surface area contributed by atoms with E-state index in [2.05, 4.69) is 17.4 Å². The van der Waals surface area contributed by atoms with Crippen LogP contribution in [0.25, 0.3) is 0 Å². The second kappa shape index (κ2) is 10.2. The highest BCUT2D eigenvalue weighted by Gasteiger charge is 2.20. The lowest BCUT2D eigenvalue weighted by molar-refractivity contribution is -0.131. The minimum absolute atomic E-state index is 0.0688. The molecule has 1 fully saturated rings. The number of rotatable bonds is 7. The topological polar surface area (TPSA) is 52.7 Å². The third kappa shape index (κ3) is 5.81. The molecule has 0 radical (unpaired) electrons. The standard InChI is InChI=1S/C22H26ClN3O2/c23-20-8-6-19(7-9-20)22(28)26(14-10-18-4-2-1-3-5-18)15-11-21(27)25-16-12-24-13-17-25/h1-9,24H,10-17H2. The van der Waals surface area contributed by atoms with Gasteiger partial charge in [-0.15, -0.1) is 0 Å². The van der Waals surface area contributed by atoms with Crippen LogP contribution in [0, 0.1) is 0 Å². The summed E-state index contributed by atoms with van der Waals surface area (Å²) in [5.41, 5.74) is 1.76. The summed E-state index contributed by atoms with van der Waals surface area (Å²) < 4.78 is 0. The molecule has 1 aliphatic heterocycles. The van der Waals surface area contributed by atoms with Crippen LogP contribution in [0.5, 0.6) is 0 Å². The Morgan fingerprint density at radius 1 is 0.964 bits per heavy atom. The molecule has 6 heteroatoms. The van der Waals surface area contributed by atoms with Gasteiger partial charge in [-0.3, -0.25) is 9.59 Å². The van der Waals surface area contributed by atoms with E-state index in [0.717, 1.165) is 32.6 Å². The van der Waals surface area contributed by atoms with E-state index in [9.17, 15) is 9.59 Å². The first-order valence-corrected chi connectivity index (χ1v) is 10.1. The van der Waals surface area contributed by atoms with Crippen LogP contribution in [0.4, 0.5) is 0 Å². The highest BCUT2D eigenvalue weighted by Crippen LogP contribution is 2.13. The maximum Gasteiger partial charge on any atom is 0.253 e. The smallest absolute Gasteiger partial charge is 0.253 e. The van der Waals surface area contributed by atoms with Crippen molar-refractivity contribution >= 4 is 23.4 Å². The van der Waals surface area contributed by atoms with Gasteiger partial charge in [-0.1, -0.05) is 41.9 Å². The van der Waals surface area contributed by atoms with Gasteiger partial charge < -0.3 is 15.1 Å². The van der Waals surface area contributed by atoms with E-state index in [4.69, 9.17) is 11.6 Å². The lowest BCUT2D eigenvalue weighted by Gasteiger charge is -2.29. The fourth-order valence-electron chi connectivity index (χ4n) is 3.30. The maximum atomic E-state index is 13.0. The van der Waals surface area contributed by atoms with E-state index >= 15 is 0 Å². The highest BCUT2D eigenvalue weighted by molar-refractivity contribution is 6.30. The van der Waals surface area contributed by atoms with Gasteiger partial charge in [-0.05, 0) is 36.2 Å². The Balaban J connectivity index is 1.65. The largest absolute Gasteiger partial charge is 0.340 e. The van der Waals surface area contributed by atoms with E-state index in [1.165, 1.54) is 5.56 Å². The van der Waals surface area contributed by atoms with Gasteiger partial charge in [0.05, 0.1) is 0 Å². The summed E-state index contributed by atoms with van der Waals surface area (Å²) in [6.07, 6.45) is 1.09. The molecule has 1 heterocycles. The van der Waals surface area contributed by atoms with Crippen molar-refractivity contribution in [1.82, 2.24) is 15.1 Å². The number of piperazine rings is 1. The van der Waals surface area contributed by atoms with Crippen LogP contribution >= 0.6 is 11.6 Å². The molecule has 0 bridgehead atoms. The van der Waals surface area contributed by atoms with Crippen molar-refractivity contribution < 1.29 is 9.59 Å². The molecule has 1 N–H and O–H groups in total. The van der Waals surface area contributed by atoms with Crippen LogP contribution in [0.3, 0.4) is 0 Å². The van der Waals surface area contributed by atoms with Gasteiger partial charge in [-0.25, -0.2) is 0 Å². The van der Waals surface area contributed by atoms with E-state index < -0.39 is 0 Å². The molecular weight excluding hydrogens is 374 g/mol. The SMILES string of the molecule is O=C(CCN(CCc1ccccc1)C(=O)c1ccc(Cl)cc1)N1CCNCC1. The number of nitrogens with zero attached hydrogens (tertiary/aromatic N) is 2. The Labute approximate surface area is 171 Å². The molecule has 1 aliphatic rings. The van der Waals surface area contributed by atoms with Gasteiger partial charge in [0, 0.05) is 56.3 Å². The van der Waals surface area contributed by atoms with Gasteiger partial charge in [0.15, 0.2) is 0 Å². The molecule has 5 nitrogen and oxygen atoms in total. The number of hydrogen-bond donors (Lipinski definition) is 1. The number of nitrogens with one attached hydrogen (secondary N) is 1. The molecule has 0 unspecified atom stereocenters. The zero-order chi connectivity index (χ0) is 19.8. The molecule has 0 spiro atoms. The summed E-state index contributed by atoms with van der Waals surface area (Å²) in [5.74, 6) is 0.0378. The van der Waals surface area contributed by atoms with Crippen molar-refractivity contribution in [1.29, 1.82) is 0 Å². The summed E-state index contributed by atoms with van der Waals surface area (Å²) >= 11 is 5.95. The third-order valence-electron chi connectivity index (χ3n) is 4.96. The number of carbonyl (C=O) groups is 2. The van der Waals surface area contributed by atoms with Crippen LogP contribution < -0.4 is 5.32 Å². The van der Waals surface area contributed by atoms with Crippen LogP contribution in [-0.4, -0.2) is 60.9 Å². The van der Waals surface area contributed by atoms with Crippen molar-refractivity contribution in [3.8, 4) is 0 Å². The minimum Gasteiger partial charge on any atom is -0.340 e. The van der Waals surface area contributed by atoms with Gasteiger partial charge in [0.25, 0.3) is 5.91 Å². The number of amides is 2. The molecular formula is C22H26ClN3O2. The maximum absolute atomic E-state index is 13.0. The first kappa shape index (κ1) is 20.4. The van der Waals surface area contributed by atoms with E-state index in [1.807, 2.05) is 23.1 Å². The van der Waals surface area contributed by atoms with Gasteiger partial charge in [-0.2, -0.15) is 0 Å². The lowest BCUT2D eigenvalue weighted by Crippen LogP contribution is -2.47. The van der Waals surface area contributed by atoms with Gasteiger partial charge in [0.1, 0.15) is 0 Å². The summed E-state index contributed by atoms with van der Waals surface area (Å²) in [7, 11) is 0. The molecule has 1 saturated heterocycles. The quantitative estimate of drug-likeness (QED) is 0.778. The lowest BCUT2D eigenvalue weighted by atomic mass is 10.1. The average Bonchev–Trinajstić information content (AvgIpc) is 2.75. The van der Waals surface area contributed by atoms with Crippen molar-refractivity contribution in [2.45, 2.75) is 12.8 Å². The Morgan fingerprint density at radius 2 is 1.64 bits per heavy atom. The Hall–Kier alpha value is -2.37. The summed E-state index contributed by atoms with van der Waals surface area (Å²) in [6.45, 7) is 4.10. The average molecular weight is 400 g/mol. The molecule has 0 saturated carbocycles. The van der Waals surface area contributed by atoms with Gasteiger partial charge >= 0.3 is 0 Å². The predicted octanol–water partition coefficient (Wildman–Crippen LogP) is 2.85. The van der Waals surface area contributed by atoms with E-state index in [1.54, 1.807) is 29.2 Å². The van der Waals surface area contributed by atoms with Crippen LogP contribution in [0.2, 0.25) is 5.02 Å². The van der Waals surface area contributed by atoms with E-state index in [-0.39, 0.29) is 11.8 Å². The number of hydrogen-bond acceptors (Lipinski definition) is 3. The molecule has 28 heavy (non-hydrogen) atoms. The Kier molecular flexibility index (Phi) is 7.46.